The molecule has 0 radical (unpaired) electrons. The van der Waals surface area contributed by atoms with Crippen LogP contribution in [0.15, 0.2) is 53.0 Å². The summed E-state index contributed by atoms with van der Waals surface area (Å²) in [5.41, 5.74) is 1.62. The smallest absolute Gasteiger partial charge is 0.406 e. The van der Waals surface area contributed by atoms with Crippen LogP contribution in [0.25, 0.3) is 0 Å². The fraction of sp³-hybridized carbons (Fsp3) is 0.188. The van der Waals surface area contributed by atoms with Crippen LogP contribution in [0.2, 0.25) is 0 Å². The Morgan fingerprint density at radius 3 is 2.58 bits per heavy atom. The van der Waals surface area contributed by atoms with Crippen molar-refractivity contribution in [2.75, 3.05) is 11.1 Å². The van der Waals surface area contributed by atoms with E-state index in [1.165, 1.54) is 35.6 Å². The van der Waals surface area contributed by atoms with E-state index in [1.54, 1.807) is 18.0 Å². The van der Waals surface area contributed by atoms with Crippen molar-refractivity contribution in [1.82, 2.24) is 15.2 Å². The standard InChI is InChI=1S/C16H13F3N4OS2/c17-16(18,19)24-13-6-4-12(5-7-13)21-14-22-23-15(26-14)25-10-8-11-3-1-2-9-20-11/h1-7,9H,8,10H2,(H,21,22). The number of pyridine rings is 1. The van der Waals surface area contributed by atoms with Crippen molar-refractivity contribution >= 4 is 33.9 Å². The Morgan fingerprint density at radius 1 is 1.08 bits per heavy atom. The molecule has 2 heterocycles. The molecule has 0 spiro atoms. The van der Waals surface area contributed by atoms with Crippen LogP contribution in [0.4, 0.5) is 24.0 Å². The first-order valence-corrected chi connectivity index (χ1v) is 9.27. The monoisotopic (exact) mass is 398 g/mol. The number of anilines is 2. The lowest BCUT2D eigenvalue weighted by atomic mass is 10.3. The summed E-state index contributed by atoms with van der Waals surface area (Å²) in [6, 6.07) is 11.2. The Bertz CT molecular complexity index is 826. The number of ether oxygens (including phenoxy) is 1. The number of benzene rings is 1. The van der Waals surface area contributed by atoms with Crippen molar-refractivity contribution < 1.29 is 17.9 Å². The van der Waals surface area contributed by atoms with Gasteiger partial charge in [0.25, 0.3) is 0 Å². The topological polar surface area (TPSA) is 59.9 Å². The normalized spacial score (nSPS) is 11.3. The highest BCUT2D eigenvalue weighted by Gasteiger charge is 2.30. The first kappa shape index (κ1) is 18.5. The van der Waals surface area contributed by atoms with Gasteiger partial charge in [-0.05, 0) is 42.8 Å². The SMILES string of the molecule is FC(F)(F)Oc1ccc(Nc2nnc(SCCc3ccccn3)s2)cc1. The minimum atomic E-state index is -4.70. The van der Waals surface area contributed by atoms with E-state index in [2.05, 4.69) is 25.2 Å². The minimum absolute atomic E-state index is 0.272. The molecule has 0 saturated heterocycles. The van der Waals surface area contributed by atoms with Crippen LogP contribution < -0.4 is 10.1 Å². The maximum absolute atomic E-state index is 12.1. The van der Waals surface area contributed by atoms with E-state index in [-0.39, 0.29) is 5.75 Å². The summed E-state index contributed by atoms with van der Waals surface area (Å²) in [7, 11) is 0. The molecule has 0 amide bonds. The molecule has 0 unspecified atom stereocenters. The molecule has 0 saturated carbocycles. The van der Waals surface area contributed by atoms with Gasteiger partial charge in [0.2, 0.25) is 5.13 Å². The number of hydrogen-bond donors (Lipinski definition) is 1. The number of aryl methyl sites for hydroxylation is 1. The van der Waals surface area contributed by atoms with Crippen molar-refractivity contribution in [3.63, 3.8) is 0 Å². The molecule has 0 atom stereocenters. The summed E-state index contributed by atoms with van der Waals surface area (Å²) in [4.78, 5) is 4.26. The molecule has 0 fully saturated rings. The lowest BCUT2D eigenvalue weighted by Gasteiger charge is -2.09. The van der Waals surface area contributed by atoms with Gasteiger partial charge in [-0.25, -0.2) is 0 Å². The molecule has 3 rings (SSSR count). The second-order valence-corrected chi connectivity index (χ2v) is 7.31. The maximum atomic E-state index is 12.1. The largest absolute Gasteiger partial charge is 0.573 e. The van der Waals surface area contributed by atoms with Gasteiger partial charge in [0.05, 0.1) is 0 Å². The van der Waals surface area contributed by atoms with Gasteiger partial charge < -0.3 is 10.1 Å². The van der Waals surface area contributed by atoms with E-state index in [9.17, 15) is 13.2 Å². The zero-order valence-electron chi connectivity index (χ0n) is 13.2. The number of nitrogens with zero attached hydrogens (tertiary/aromatic N) is 3. The highest BCUT2D eigenvalue weighted by atomic mass is 32.2. The highest BCUT2D eigenvalue weighted by molar-refractivity contribution is 8.01. The molecule has 5 nitrogen and oxygen atoms in total. The first-order chi connectivity index (χ1) is 12.5. The summed E-state index contributed by atoms with van der Waals surface area (Å²) in [5, 5.41) is 11.7. The Morgan fingerprint density at radius 2 is 1.88 bits per heavy atom. The molecule has 0 bridgehead atoms. The van der Waals surface area contributed by atoms with Crippen LogP contribution >= 0.6 is 23.1 Å². The maximum Gasteiger partial charge on any atom is 0.573 e. The number of aromatic nitrogens is 3. The van der Waals surface area contributed by atoms with E-state index in [0.717, 1.165) is 22.2 Å². The van der Waals surface area contributed by atoms with E-state index < -0.39 is 6.36 Å². The summed E-state index contributed by atoms with van der Waals surface area (Å²) < 4.78 is 41.1. The van der Waals surface area contributed by atoms with Gasteiger partial charge in [-0.15, -0.1) is 23.4 Å². The van der Waals surface area contributed by atoms with Crippen LogP contribution in [-0.2, 0) is 6.42 Å². The lowest BCUT2D eigenvalue weighted by molar-refractivity contribution is -0.274. The highest BCUT2D eigenvalue weighted by Crippen LogP contribution is 2.29. The summed E-state index contributed by atoms with van der Waals surface area (Å²) in [5.74, 6) is 0.556. The molecule has 0 aliphatic carbocycles. The second kappa shape index (κ2) is 8.37. The van der Waals surface area contributed by atoms with Gasteiger partial charge >= 0.3 is 6.36 Å². The Kier molecular flexibility index (Phi) is 5.94. The van der Waals surface area contributed by atoms with Crippen molar-refractivity contribution in [3.05, 3.63) is 54.4 Å². The van der Waals surface area contributed by atoms with E-state index in [0.29, 0.717) is 10.8 Å². The molecular weight excluding hydrogens is 385 g/mol. The van der Waals surface area contributed by atoms with Gasteiger partial charge in [0, 0.05) is 23.3 Å². The van der Waals surface area contributed by atoms with Crippen LogP contribution in [0.3, 0.4) is 0 Å². The molecule has 0 aliphatic rings. The Balaban J connectivity index is 1.50. The van der Waals surface area contributed by atoms with Crippen molar-refractivity contribution in [2.24, 2.45) is 0 Å². The van der Waals surface area contributed by atoms with E-state index in [4.69, 9.17) is 0 Å². The molecule has 10 heteroatoms. The van der Waals surface area contributed by atoms with Crippen LogP contribution in [0, 0.1) is 0 Å². The molecule has 26 heavy (non-hydrogen) atoms. The number of rotatable bonds is 7. The van der Waals surface area contributed by atoms with Crippen molar-refractivity contribution in [3.8, 4) is 5.75 Å². The second-order valence-electron chi connectivity index (χ2n) is 4.99. The minimum Gasteiger partial charge on any atom is -0.406 e. The molecule has 136 valence electrons. The van der Waals surface area contributed by atoms with Gasteiger partial charge in [0.15, 0.2) is 4.34 Å². The zero-order chi connectivity index (χ0) is 18.4. The number of nitrogens with one attached hydrogen (secondary N) is 1. The van der Waals surface area contributed by atoms with Crippen LogP contribution in [-0.4, -0.2) is 27.3 Å². The average molecular weight is 398 g/mol. The Labute approximate surface area is 155 Å². The number of hydrogen-bond acceptors (Lipinski definition) is 7. The average Bonchev–Trinajstić information content (AvgIpc) is 3.04. The number of halogens is 3. The van der Waals surface area contributed by atoms with E-state index in [1.807, 2.05) is 18.2 Å². The Hall–Kier alpha value is -2.33. The van der Waals surface area contributed by atoms with E-state index >= 15 is 0 Å². The summed E-state index contributed by atoms with van der Waals surface area (Å²) in [6.45, 7) is 0. The summed E-state index contributed by atoms with van der Waals surface area (Å²) >= 11 is 2.95. The van der Waals surface area contributed by atoms with Crippen molar-refractivity contribution in [2.45, 2.75) is 17.1 Å². The molecule has 3 aromatic rings. The third kappa shape index (κ3) is 5.88. The molecule has 2 aromatic heterocycles. The van der Waals surface area contributed by atoms with Gasteiger partial charge in [-0.1, -0.05) is 29.2 Å². The van der Waals surface area contributed by atoms with Crippen LogP contribution in [0.1, 0.15) is 5.69 Å². The van der Waals surface area contributed by atoms with Gasteiger partial charge in [-0.3, -0.25) is 4.98 Å². The first-order valence-electron chi connectivity index (χ1n) is 7.47. The van der Waals surface area contributed by atoms with Gasteiger partial charge in [-0.2, -0.15) is 0 Å². The quantitative estimate of drug-likeness (QED) is 0.571. The number of thioether (sulfide) groups is 1. The fourth-order valence-electron chi connectivity index (χ4n) is 1.97. The third-order valence-electron chi connectivity index (χ3n) is 3.06. The third-order valence-corrected chi connectivity index (χ3v) is 5.03. The molecule has 0 aliphatic heterocycles. The lowest BCUT2D eigenvalue weighted by Crippen LogP contribution is -2.16. The number of alkyl halides is 3. The molecule has 1 aromatic carbocycles. The predicted molar refractivity (Wildman–Crippen MR) is 95.0 cm³/mol. The van der Waals surface area contributed by atoms with Crippen molar-refractivity contribution in [1.29, 1.82) is 0 Å². The zero-order valence-corrected chi connectivity index (χ0v) is 14.9. The van der Waals surface area contributed by atoms with Gasteiger partial charge in [0.1, 0.15) is 5.75 Å². The predicted octanol–water partition coefficient (Wildman–Crippen LogP) is 4.91. The fourth-order valence-corrected chi connectivity index (χ4v) is 3.78. The summed E-state index contributed by atoms with van der Waals surface area (Å²) in [6.07, 6.45) is -2.11. The van der Waals surface area contributed by atoms with Crippen LogP contribution in [0.5, 0.6) is 5.75 Å². The molecular formula is C16H13F3N4OS2. The molecule has 1 N–H and O–H groups in total.